The Morgan fingerprint density at radius 1 is 1.04 bits per heavy atom. The van der Waals surface area contributed by atoms with E-state index in [0.717, 1.165) is 4.68 Å². The van der Waals surface area contributed by atoms with Gasteiger partial charge in [0.15, 0.2) is 0 Å². The van der Waals surface area contributed by atoms with E-state index in [4.69, 9.17) is 11.6 Å². The van der Waals surface area contributed by atoms with Gasteiger partial charge in [-0.25, -0.2) is 4.68 Å². The van der Waals surface area contributed by atoms with Crippen molar-refractivity contribution >= 4 is 34.2 Å². The first-order chi connectivity index (χ1) is 12.0. The second-order valence-corrected chi connectivity index (χ2v) is 5.64. The Kier molecular flexibility index (Phi) is 4.76. The molecule has 3 aromatic rings. The Morgan fingerprint density at radius 3 is 2.52 bits per heavy atom. The summed E-state index contributed by atoms with van der Waals surface area (Å²) in [5.41, 5.74) is 4.48. The maximum absolute atomic E-state index is 12.3. The van der Waals surface area contributed by atoms with Crippen LogP contribution in [0.4, 0.5) is 0 Å². The number of aromatic nitrogens is 2. The Hall–Kier alpha value is -3.19. The average Bonchev–Trinajstić information content (AvgIpc) is 2.63. The van der Waals surface area contributed by atoms with Crippen LogP contribution in [0.3, 0.4) is 0 Å². The van der Waals surface area contributed by atoms with Crippen LogP contribution in [0.1, 0.15) is 10.4 Å². The zero-order valence-corrected chi connectivity index (χ0v) is 13.7. The number of nitrogens with zero attached hydrogens (tertiary/aromatic N) is 2. The molecule has 8 heteroatoms. The van der Waals surface area contributed by atoms with Gasteiger partial charge in [-0.1, -0.05) is 29.8 Å². The lowest BCUT2D eigenvalue weighted by atomic mass is 10.2. The second kappa shape index (κ2) is 7.14. The number of fused-ring (bicyclic) bond motifs is 1. The smallest absolute Gasteiger partial charge is 0.271 e. The molecule has 0 radical (unpaired) electrons. The van der Waals surface area contributed by atoms with Gasteiger partial charge < -0.3 is 0 Å². The summed E-state index contributed by atoms with van der Waals surface area (Å²) in [7, 11) is 0. The molecule has 3 rings (SSSR count). The Bertz CT molecular complexity index is 999. The van der Waals surface area contributed by atoms with Crippen LogP contribution in [0.25, 0.3) is 10.8 Å². The summed E-state index contributed by atoms with van der Waals surface area (Å²) in [6.45, 7) is -0.315. The standard InChI is InChI=1S/C17H13ClN4O3/c18-13-7-5-11(6-8-13)16(24)21-20-15(23)10-22-17(25)14-4-2-1-3-12(14)9-19-22/h1-9H,10H2,(H,20,23)(H,21,24). The minimum atomic E-state index is -0.577. The number of carbonyl (C=O) groups is 2. The predicted octanol–water partition coefficient (Wildman–Crippen LogP) is 1.51. The van der Waals surface area contributed by atoms with Crippen molar-refractivity contribution in [3.05, 3.63) is 75.7 Å². The van der Waals surface area contributed by atoms with Gasteiger partial charge in [0.1, 0.15) is 6.54 Å². The molecular weight excluding hydrogens is 344 g/mol. The molecule has 0 aliphatic rings. The highest BCUT2D eigenvalue weighted by Gasteiger charge is 2.10. The van der Waals surface area contributed by atoms with Crippen LogP contribution in [-0.4, -0.2) is 21.6 Å². The fraction of sp³-hybridized carbons (Fsp3) is 0.0588. The van der Waals surface area contributed by atoms with Crippen LogP contribution in [0, 0.1) is 0 Å². The monoisotopic (exact) mass is 356 g/mol. The third-order valence-electron chi connectivity index (χ3n) is 3.48. The summed E-state index contributed by atoms with van der Waals surface area (Å²) in [4.78, 5) is 36.1. The van der Waals surface area contributed by atoms with E-state index < -0.39 is 11.8 Å². The molecule has 2 aromatic carbocycles. The fourth-order valence-electron chi connectivity index (χ4n) is 2.22. The minimum Gasteiger partial charge on any atom is -0.271 e. The molecule has 0 atom stereocenters. The summed E-state index contributed by atoms with van der Waals surface area (Å²) in [5.74, 6) is -1.07. The molecule has 2 N–H and O–H groups in total. The number of hydrogen-bond acceptors (Lipinski definition) is 4. The molecule has 0 fully saturated rings. The van der Waals surface area contributed by atoms with Crippen LogP contribution in [-0.2, 0) is 11.3 Å². The SMILES string of the molecule is O=C(Cn1ncc2ccccc2c1=O)NNC(=O)c1ccc(Cl)cc1. The van der Waals surface area contributed by atoms with Gasteiger partial charge >= 0.3 is 0 Å². The normalized spacial score (nSPS) is 10.4. The number of amides is 2. The van der Waals surface area contributed by atoms with Crippen molar-refractivity contribution in [2.45, 2.75) is 6.54 Å². The van der Waals surface area contributed by atoms with E-state index in [1.165, 1.54) is 18.3 Å². The lowest BCUT2D eigenvalue weighted by Crippen LogP contribution is -2.44. The number of rotatable bonds is 3. The van der Waals surface area contributed by atoms with E-state index in [0.29, 0.717) is 21.4 Å². The van der Waals surface area contributed by atoms with E-state index in [-0.39, 0.29) is 12.1 Å². The minimum absolute atomic E-state index is 0.315. The van der Waals surface area contributed by atoms with Gasteiger partial charge in [0, 0.05) is 16.0 Å². The topological polar surface area (TPSA) is 93.1 Å². The van der Waals surface area contributed by atoms with Gasteiger partial charge in [0.25, 0.3) is 17.4 Å². The molecule has 2 amide bonds. The molecular formula is C17H13ClN4O3. The first kappa shape index (κ1) is 16.7. The molecule has 0 saturated carbocycles. The molecule has 7 nitrogen and oxygen atoms in total. The number of halogens is 1. The molecule has 126 valence electrons. The molecule has 0 bridgehead atoms. The van der Waals surface area contributed by atoms with Crippen molar-refractivity contribution in [3.8, 4) is 0 Å². The summed E-state index contributed by atoms with van der Waals surface area (Å²) in [6.07, 6.45) is 1.51. The average molecular weight is 357 g/mol. The molecule has 1 heterocycles. The quantitative estimate of drug-likeness (QED) is 0.696. The zero-order chi connectivity index (χ0) is 17.8. The predicted molar refractivity (Wildman–Crippen MR) is 93.1 cm³/mol. The number of benzene rings is 2. The molecule has 0 spiro atoms. The van der Waals surface area contributed by atoms with E-state index in [2.05, 4.69) is 16.0 Å². The van der Waals surface area contributed by atoms with Crippen molar-refractivity contribution in [1.29, 1.82) is 0 Å². The number of hydrogen-bond donors (Lipinski definition) is 2. The van der Waals surface area contributed by atoms with Crippen LogP contribution >= 0.6 is 11.6 Å². The third kappa shape index (κ3) is 3.84. The second-order valence-electron chi connectivity index (χ2n) is 5.20. The van der Waals surface area contributed by atoms with Gasteiger partial charge in [-0.2, -0.15) is 5.10 Å². The van der Waals surface area contributed by atoms with Crippen molar-refractivity contribution in [2.24, 2.45) is 0 Å². The molecule has 0 aliphatic heterocycles. The zero-order valence-electron chi connectivity index (χ0n) is 12.9. The van der Waals surface area contributed by atoms with E-state index in [1.54, 1.807) is 36.4 Å². The maximum Gasteiger partial charge on any atom is 0.275 e. The Labute approximate surface area is 147 Å². The van der Waals surface area contributed by atoms with Gasteiger partial charge in [-0.15, -0.1) is 0 Å². The molecule has 0 aliphatic carbocycles. The number of hydrazine groups is 1. The van der Waals surface area contributed by atoms with Crippen LogP contribution < -0.4 is 16.4 Å². The summed E-state index contributed by atoms with van der Waals surface area (Å²) in [5, 5.41) is 5.62. The van der Waals surface area contributed by atoms with Crippen molar-refractivity contribution in [3.63, 3.8) is 0 Å². The van der Waals surface area contributed by atoms with Gasteiger partial charge in [0.2, 0.25) is 0 Å². The number of nitrogens with one attached hydrogen (secondary N) is 2. The first-order valence-corrected chi connectivity index (χ1v) is 7.72. The largest absolute Gasteiger partial charge is 0.275 e. The summed E-state index contributed by atoms with van der Waals surface area (Å²) < 4.78 is 1.03. The van der Waals surface area contributed by atoms with Gasteiger partial charge in [0.05, 0.1) is 11.6 Å². The molecule has 0 unspecified atom stereocenters. The highest BCUT2D eigenvalue weighted by atomic mass is 35.5. The number of carbonyl (C=O) groups excluding carboxylic acids is 2. The Balaban J connectivity index is 1.65. The summed E-state index contributed by atoms with van der Waals surface area (Å²) in [6, 6.07) is 13.1. The Morgan fingerprint density at radius 2 is 1.76 bits per heavy atom. The fourth-order valence-corrected chi connectivity index (χ4v) is 2.34. The van der Waals surface area contributed by atoms with Crippen LogP contribution in [0.5, 0.6) is 0 Å². The molecule has 1 aromatic heterocycles. The van der Waals surface area contributed by atoms with E-state index >= 15 is 0 Å². The van der Waals surface area contributed by atoms with Crippen molar-refractivity contribution in [2.75, 3.05) is 0 Å². The lowest BCUT2D eigenvalue weighted by molar-refractivity contribution is -0.122. The first-order valence-electron chi connectivity index (χ1n) is 7.34. The third-order valence-corrected chi connectivity index (χ3v) is 3.73. The van der Waals surface area contributed by atoms with E-state index in [1.807, 2.05) is 0 Å². The molecule has 0 saturated heterocycles. The molecule has 25 heavy (non-hydrogen) atoms. The maximum atomic E-state index is 12.3. The van der Waals surface area contributed by atoms with Crippen molar-refractivity contribution in [1.82, 2.24) is 20.6 Å². The van der Waals surface area contributed by atoms with Crippen LogP contribution in [0.2, 0.25) is 5.02 Å². The highest BCUT2D eigenvalue weighted by molar-refractivity contribution is 6.30. The van der Waals surface area contributed by atoms with E-state index in [9.17, 15) is 14.4 Å². The lowest BCUT2D eigenvalue weighted by Gasteiger charge is -2.09. The van der Waals surface area contributed by atoms with Crippen molar-refractivity contribution < 1.29 is 9.59 Å². The van der Waals surface area contributed by atoms with Gasteiger partial charge in [-0.3, -0.25) is 25.2 Å². The van der Waals surface area contributed by atoms with Crippen LogP contribution in [0.15, 0.2) is 59.5 Å². The highest BCUT2D eigenvalue weighted by Crippen LogP contribution is 2.09. The summed E-state index contributed by atoms with van der Waals surface area (Å²) >= 11 is 5.75. The van der Waals surface area contributed by atoms with Gasteiger partial charge in [-0.05, 0) is 30.3 Å².